The molecule has 4 N–H and O–H groups in total. The van der Waals surface area contributed by atoms with Gasteiger partial charge in [-0.2, -0.15) is 0 Å². The van der Waals surface area contributed by atoms with E-state index in [2.05, 4.69) is 32.6 Å². The van der Waals surface area contributed by atoms with Crippen LogP contribution in [0.25, 0.3) is 11.3 Å². The first-order valence-corrected chi connectivity index (χ1v) is 7.27. The summed E-state index contributed by atoms with van der Waals surface area (Å²) in [7, 11) is 0. The highest BCUT2D eigenvalue weighted by Crippen LogP contribution is 2.11. The van der Waals surface area contributed by atoms with Crippen molar-refractivity contribution in [3.8, 4) is 0 Å². The molecule has 0 aromatic carbocycles. The lowest BCUT2D eigenvalue weighted by Gasteiger charge is -1.95. The minimum absolute atomic E-state index is 0.749. The number of anilines is 2. The Morgan fingerprint density at radius 2 is 1.62 bits per heavy atom. The van der Waals surface area contributed by atoms with Gasteiger partial charge in [-0.1, -0.05) is 0 Å². The standard InChI is InChI=1S/C7H6IN3.C7H7N3/c8-6-4-10-7-3-5(9)1-2-11(6)7;8-6-1-3-10-4-2-9-7(10)5-6/h1-4H,9H2;1-5H,8H2. The van der Waals surface area contributed by atoms with E-state index in [1.54, 1.807) is 6.20 Å². The summed E-state index contributed by atoms with van der Waals surface area (Å²) >= 11 is 2.22. The number of hydrogen-bond donors (Lipinski definition) is 2. The van der Waals surface area contributed by atoms with E-state index in [0.717, 1.165) is 26.4 Å². The summed E-state index contributed by atoms with van der Waals surface area (Å²) in [6, 6.07) is 7.38. The molecule has 0 atom stereocenters. The minimum Gasteiger partial charge on any atom is -0.399 e. The number of fused-ring (bicyclic) bond motifs is 2. The molecule has 7 heteroatoms. The van der Waals surface area contributed by atoms with Crippen molar-refractivity contribution in [2.24, 2.45) is 0 Å². The maximum absolute atomic E-state index is 5.58. The molecule has 0 spiro atoms. The Morgan fingerprint density at radius 3 is 2.43 bits per heavy atom. The van der Waals surface area contributed by atoms with E-state index in [4.69, 9.17) is 11.5 Å². The maximum Gasteiger partial charge on any atom is 0.139 e. The number of imidazole rings is 2. The van der Waals surface area contributed by atoms with E-state index in [1.165, 1.54) is 0 Å². The molecule has 0 saturated heterocycles. The first-order chi connectivity index (χ1) is 10.1. The summed E-state index contributed by atoms with van der Waals surface area (Å²) in [4.78, 5) is 8.22. The van der Waals surface area contributed by atoms with Gasteiger partial charge < -0.3 is 15.9 Å². The number of aromatic nitrogens is 4. The maximum atomic E-state index is 5.58. The van der Waals surface area contributed by atoms with Crippen molar-refractivity contribution >= 4 is 45.3 Å². The van der Waals surface area contributed by atoms with Gasteiger partial charge in [-0.3, -0.25) is 4.40 Å². The lowest BCUT2D eigenvalue weighted by molar-refractivity contribution is 1.15. The van der Waals surface area contributed by atoms with Crippen molar-refractivity contribution in [3.63, 3.8) is 0 Å². The van der Waals surface area contributed by atoms with Crippen LogP contribution < -0.4 is 11.5 Å². The highest BCUT2D eigenvalue weighted by atomic mass is 127. The van der Waals surface area contributed by atoms with E-state index < -0.39 is 0 Å². The van der Waals surface area contributed by atoms with E-state index in [9.17, 15) is 0 Å². The zero-order valence-corrected chi connectivity index (χ0v) is 13.2. The topological polar surface area (TPSA) is 86.6 Å². The molecular formula is C14H13IN6. The van der Waals surface area contributed by atoms with Crippen LogP contribution in [-0.2, 0) is 0 Å². The number of hydrogen-bond acceptors (Lipinski definition) is 4. The molecule has 0 aliphatic rings. The predicted molar refractivity (Wildman–Crippen MR) is 91.9 cm³/mol. The Kier molecular flexibility index (Phi) is 3.65. The molecule has 0 unspecified atom stereocenters. The molecule has 0 bridgehead atoms. The monoisotopic (exact) mass is 392 g/mol. The third-order valence-corrected chi connectivity index (χ3v) is 3.71. The van der Waals surface area contributed by atoms with Crippen molar-refractivity contribution in [2.75, 3.05) is 11.5 Å². The van der Waals surface area contributed by atoms with E-state index in [0.29, 0.717) is 0 Å². The van der Waals surface area contributed by atoms with Crippen molar-refractivity contribution in [3.05, 3.63) is 59.0 Å². The third-order valence-electron chi connectivity index (χ3n) is 2.91. The molecule has 4 aromatic rings. The summed E-state index contributed by atoms with van der Waals surface area (Å²) in [5.74, 6) is 0. The number of nitrogens with zero attached hydrogens (tertiary/aromatic N) is 4. The Hall–Kier alpha value is -2.29. The Labute approximate surface area is 134 Å². The van der Waals surface area contributed by atoms with Crippen LogP contribution in [0.2, 0.25) is 0 Å². The van der Waals surface area contributed by atoms with Crippen molar-refractivity contribution in [1.29, 1.82) is 0 Å². The van der Waals surface area contributed by atoms with Gasteiger partial charge >= 0.3 is 0 Å². The molecule has 0 aliphatic heterocycles. The molecule has 4 heterocycles. The van der Waals surface area contributed by atoms with E-state index >= 15 is 0 Å². The first kappa shape index (κ1) is 13.7. The molecule has 0 fully saturated rings. The molecule has 21 heavy (non-hydrogen) atoms. The Morgan fingerprint density at radius 1 is 0.905 bits per heavy atom. The van der Waals surface area contributed by atoms with Crippen molar-refractivity contribution in [2.45, 2.75) is 0 Å². The van der Waals surface area contributed by atoms with Gasteiger partial charge in [0, 0.05) is 48.3 Å². The summed E-state index contributed by atoms with van der Waals surface area (Å²) < 4.78 is 4.99. The molecule has 4 rings (SSSR count). The highest BCUT2D eigenvalue weighted by molar-refractivity contribution is 14.1. The zero-order valence-electron chi connectivity index (χ0n) is 11.0. The number of halogens is 1. The molecule has 4 aromatic heterocycles. The smallest absolute Gasteiger partial charge is 0.139 e. The van der Waals surface area contributed by atoms with Crippen molar-refractivity contribution < 1.29 is 0 Å². The van der Waals surface area contributed by atoms with Gasteiger partial charge in [-0.15, -0.1) is 0 Å². The molecule has 0 amide bonds. The van der Waals surface area contributed by atoms with Gasteiger partial charge in [0.05, 0.1) is 6.20 Å². The highest BCUT2D eigenvalue weighted by Gasteiger charge is 1.97. The van der Waals surface area contributed by atoms with Crippen LogP contribution in [-0.4, -0.2) is 18.8 Å². The van der Waals surface area contributed by atoms with E-state index in [-0.39, 0.29) is 0 Å². The molecule has 0 radical (unpaired) electrons. The van der Waals surface area contributed by atoms with Crippen LogP contribution in [0, 0.1) is 3.70 Å². The summed E-state index contributed by atoms with van der Waals surface area (Å²) in [6.45, 7) is 0. The number of pyridine rings is 2. The predicted octanol–water partition coefficient (Wildman–Crippen LogP) is 2.44. The normalized spacial score (nSPS) is 10.5. The van der Waals surface area contributed by atoms with Crippen molar-refractivity contribution in [1.82, 2.24) is 18.8 Å². The Balaban J connectivity index is 0.000000126. The quantitative estimate of drug-likeness (QED) is 0.450. The average molecular weight is 392 g/mol. The van der Waals surface area contributed by atoms with Gasteiger partial charge in [0.1, 0.15) is 15.0 Å². The lowest BCUT2D eigenvalue weighted by Crippen LogP contribution is -1.89. The van der Waals surface area contributed by atoms with Crippen LogP contribution in [0.5, 0.6) is 0 Å². The van der Waals surface area contributed by atoms with Crippen LogP contribution in [0.3, 0.4) is 0 Å². The largest absolute Gasteiger partial charge is 0.399 e. The molecule has 6 nitrogen and oxygen atoms in total. The summed E-state index contributed by atoms with van der Waals surface area (Å²) in [5.41, 5.74) is 14.4. The second-order valence-electron chi connectivity index (χ2n) is 4.42. The fraction of sp³-hybridized carbons (Fsp3) is 0. The van der Waals surface area contributed by atoms with Gasteiger partial charge in [-0.05, 0) is 34.7 Å². The van der Waals surface area contributed by atoms with Crippen LogP contribution in [0.4, 0.5) is 11.4 Å². The lowest BCUT2D eigenvalue weighted by atomic mass is 10.4. The van der Waals surface area contributed by atoms with Gasteiger partial charge in [0.25, 0.3) is 0 Å². The van der Waals surface area contributed by atoms with Gasteiger partial charge in [0.15, 0.2) is 0 Å². The Bertz CT molecular complexity index is 895. The first-order valence-electron chi connectivity index (χ1n) is 6.20. The molecule has 0 aliphatic carbocycles. The van der Waals surface area contributed by atoms with Crippen LogP contribution in [0.1, 0.15) is 0 Å². The number of nitrogens with two attached hydrogens (primary N) is 2. The van der Waals surface area contributed by atoms with Crippen LogP contribution in [0.15, 0.2) is 55.2 Å². The summed E-state index contributed by atoms with van der Waals surface area (Å²) in [5, 5.41) is 0. The number of rotatable bonds is 0. The fourth-order valence-corrected chi connectivity index (χ4v) is 2.44. The van der Waals surface area contributed by atoms with E-state index in [1.807, 2.05) is 57.9 Å². The fourth-order valence-electron chi connectivity index (χ4n) is 1.89. The van der Waals surface area contributed by atoms with Crippen LogP contribution >= 0.6 is 22.6 Å². The molecular weight excluding hydrogens is 379 g/mol. The van der Waals surface area contributed by atoms with Gasteiger partial charge in [0.2, 0.25) is 0 Å². The SMILES string of the molecule is Nc1ccn2c(I)cnc2c1.Nc1ccn2ccnc2c1. The molecule has 0 saturated carbocycles. The van der Waals surface area contributed by atoms with Gasteiger partial charge in [-0.25, -0.2) is 9.97 Å². The second-order valence-corrected chi connectivity index (χ2v) is 5.53. The third kappa shape index (κ3) is 2.92. The second kappa shape index (κ2) is 5.60. The average Bonchev–Trinajstić information content (AvgIpc) is 3.06. The summed E-state index contributed by atoms with van der Waals surface area (Å²) in [6.07, 6.45) is 9.25. The zero-order chi connectivity index (χ0) is 14.8. The molecule has 106 valence electrons. The minimum atomic E-state index is 0.749. The number of nitrogen functional groups attached to an aromatic ring is 2.